The molecule has 0 aliphatic carbocycles. The van der Waals surface area contributed by atoms with E-state index in [1.165, 1.54) is 11.3 Å². The van der Waals surface area contributed by atoms with Crippen LogP contribution >= 0.6 is 11.3 Å². The first kappa shape index (κ1) is 14.9. The molecule has 106 valence electrons. The van der Waals surface area contributed by atoms with E-state index in [9.17, 15) is 9.00 Å². The highest BCUT2D eigenvalue weighted by Gasteiger charge is 2.10. The Morgan fingerprint density at radius 3 is 2.75 bits per heavy atom. The number of thiophene rings is 1. The topological polar surface area (TPSA) is 72.2 Å². The summed E-state index contributed by atoms with van der Waals surface area (Å²) in [6.45, 7) is 0.373. The van der Waals surface area contributed by atoms with Crippen LogP contribution in [0.25, 0.3) is 0 Å². The summed E-state index contributed by atoms with van der Waals surface area (Å²) in [7, 11) is -1.11. The number of amides is 1. The average Bonchev–Trinajstić information content (AvgIpc) is 2.99. The maximum atomic E-state index is 11.9. The molecule has 1 heterocycles. The van der Waals surface area contributed by atoms with Crippen LogP contribution in [0, 0.1) is 0 Å². The van der Waals surface area contributed by atoms with Gasteiger partial charge in [0.15, 0.2) is 0 Å². The summed E-state index contributed by atoms with van der Waals surface area (Å²) >= 11 is 1.44. The van der Waals surface area contributed by atoms with E-state index in [-0.39, 0.29) is 12.3 Å². The summed E-state index contributed by atoms with van der Waals surface area (Å²) < 4.78 is 12.7. The SMILES string of the molecule is NCc1ccccc1NC(=O)CCS(=O)c1cccs1. The molecule has 1 amide bonds. The van der Waals surface area contributed by atoms with Gasteiger partial charge in [0.25, 0.3) is 0 Å². The van der Waals surface area contributed by atoms with Crippen LogP contribution in [0.2, 0.25) is 0 Å². The lowest BCUT2D eigenvalue weighted by Gasteiger charge is -2.09. The molecule has 4 nitrogen and oxygen atoms in total. The third kappa shape index (κ3) is 4.00. The fraction of sp³-hybridized carbons (Fsp3) is 0.214. The predicted octanol–water partition coefficient (Wildman–Crippen LogP) is 2.34. The van der Waals surface area contributed by atoms with Gasteiger partial charge in [-0.15, -0.1) is 11.3 Å². The van der Waals surface area contributed by atoms with Gasteiger partial charge in [0.2, 0.25) is 5.91 Å². The standard InChI is InChI=1S/C14H16N2O2S2/c15-10-11-4-1-2-5-12(11)16-13(17)7-9-20(18)14-6-3-8-19-14/h1-6,8H,7,9-10,15H2,(H,16,17). The lowest BCUT2D eigenvalue weighted by molar-refractivity contribution is -0.115. The summed E-state index contributed by atoms with van der Waals surface area (Å²) in [4.78, 5) is 11.9. The maximum Gasteiger partial charge on any atom is 0.225 e. The van der Waals surface area contributed by atoms with Crippen molar-refractivity contribution < 1.29 is 9.00 Å². The Balaban J connectivity index is 1.88. The Hall–Kier alpha value is -1.50. The van der Waals surface area contributed by atoms with E-state index < -0.39 is 10.8 Å². The monoisotopic (exact) mass is 308 g/mol. The van der Waals surface area contributed by atoms with Crippen molar-refractivity contribution >= 4 is 33.7 Å². The minimum Gasteiger partial charge on any atom is -0.326 e. The largest absolute Gasteiger partial charge is 0.326 e. The van der Waals surface area contributed by atoms with Crippen molar-refractivity contribution in [3.05, 3.63) is 47.3 Å². The average molecular weight is 308 g/mol. The van der Waals surface area contributed by atoms with Gasteiger partial charge in [0.05, 0.1) is 15.0 Å². The minimum absolute atomic E-state index is 0.143. The molecule has 0 spiro atoms. The van der Waals surface area contributed by atoms with Crippen LogP contribution in [0.15, 0.2) is 46.0 Å². The van der Waals surface area contributed by atoms with E-state index in [1.807, 2.05) is 41.8 Å². The third-order valence-electron chi connectivity index (χ3n) is 2.75. The highest BCUT2D eigenvalue weighted by molar-refractivity contribution is 7.87. The predicted molar refractivity (Wildman–Crippen MR) is 83.2 cm³/mol. The zero-order chi connectivity index (χ0) is 14.4. The van der Waals surface area contributed by atoms with Crippen LogP contribution in [-0.4, -0.2) is 15.9 Å². The molecule has 0 fully saturated rings. The van der Waals surface area contributed by atoms with Crippen molar-refractivity contribution in [2.75, 3.05) is 11.1 Å². The fourth-order valence-corrected chi connectivity index (χ4v) is 3.81. The summed E-state index contributed by atoms with van der Waals surface area (Å²) in [5.41, 5.74) is 7.23. The molecule has 20 heavy (non-hydrogen) atoms. The molecule has 0 radical (unpaired) electrons. The van der Waals surface area contributed by atoms with Gasteiger partial charge in [0, 0.05) is 24.4 Å². The quantitative estimate of drug-likeness (QED) is 0.860. The normalized spacial score (nSPS) is 12.1. The highest BCUT2D eigenvalue weighted by atomic mass is 32.2. The lowest BCUT2D eigenvalue weighted by Crippen LogP contribution is -2.16. The number of carbonyl (C=O) groups excluding carboxylic acids is 1. The van der Waals surface area contributed by atoms with Gasteiger partial charge < -0.3 is 11.1 Å². The Morgan fingerprint density at radius 1 is 1.25 bits per heavy atom. The molecule has 3 N–H and O–H groups in total. The van der Waals surface area contributed by atoms with Gasteiger partial charge in [-0.25, -0.2) is 0 Å². The number of benzene rings is 1. The highest BCUT2D eigenvalue weighted by Crippen LogP contribution is 2.16. The van der Waals surface area contributed by atoms with Crippen molar-refractivity contribution in [1.82, 2.24) is 0 Å². The summed E-state index contributed by atoms with van der Waals surface area (Å²) in [6.07, 6.45) is 0.226. The molecule has 6 heteroatoms. The van der Waals surface area contributed by atoms with Crippen molar-refractivity contribution in [2.45, 2.75) is 17.2 Å². The molecule has 0 bridgehead atoms. The Bertz CT molecular complexity index is 597. The maximum absolute atomic E-state index is 11.9. The summed E-state index contributed by atoms with van der Waals surface area (Å²) in [5.74, 6) is 0.188. The van der Waals surface area contributed by atoms with Crippen LogP contribution in [0.4, 0.5) is 5.69 Å². The molecule has 2 aromatic rings. The fourth-order valence-electron chi connectivity index (χ4n) is 1.71. The summed E-state index contributed by atoms with van der Waals surface area (Å²) in [6, 6.07) is 11.1. The number of nitrogens with two attached hydrogens (primary N) is 1. The third-order valence-corrected chi connectivity index (χ3v) is 5.41. The smallest absolute Gasteiger partial charge is 0.225 e. The second-order valence-electron chi connectivity index (χ2n) is 4.14. The van der Waals surface area contributed by atoms with Crippen molar-refractivity contribution in [3.63, 3.8) is 0 Å². The minimum atomic E-state index is -1.11. The van der Waals surface area contributed by atoms with E-state index >= 15 is 0 Å². The van der Waals surface area contributed by atoms with Crippen LogP contribution in [0.1, 0.15) is 12.0 Å². The summed E-state index contributed by atoms with van der Waals surface area (Å²) in [5, 5.41) is 4.69. The van der Waals surface area contributed by atoms with Crippen LogP contribution < -0.4 is 11.1 Å². The molecule has 0 aliphatic heterocycles. The van der Waals surface area contributed by atoms with Crippen LogP contribution in [0.3, 0.4) is 0 Å². The Kier molecular flexibility index (Phi) is 5.46. The van der Waals surface area contributed by atoms with E-state index in [4.69, 9.17) is 5.73 Å². The first-order valence-corrected chi connectivity index (χ1v) is 8.40. The molecule has 0 saturated carbocycles. The number of nitrogens with one attached hydrogen (secondary N) is 1. The molecule has 1 aromatic heterocycles. The first-order valence-electron chi connectivity index (χ1n) is 6.20. The Morgan fingerprint density at radius 2 is 2.05 bits per heavy atom. The van der Waals surface area contributed by atoms with Crippen molar-refractivity contribution in [3.8, 4) is 0 Å². The Labute approximate surface area is 124 Å². The van der Waals surface area contributed by atoms with E-state index in [0.717, 1.165) is 15.5 Å². The zero-order valence-electron chi connectivity index (χ0n) is 10.9. The lowest BCUT2D eigenvalue weighted by atomic mass is 10.2. The molecule has 1 atom stereocenters. The molecule has 0 saturated heterocycles. The van der Waals surface area contributed by atoms with Crippen LogP contribution in [-0.2, 0) is 22.1 Å². The van der Waals surface area contributed by atoms with Gasteiger partial charge in [-0.05, 0) is 23.1 Å². The van der Waals surface area contributed by atoms with Crippen molar-refractivity contribution in [1.29, 1.82) is 0 Å². The number of hydrogen-bond acceptors (Lipinski definition) is 4. The second-order valence-corrected chi connectivity index (χ2v) is 6.89. The van der Waals surface area contributed by atoms with E-state index in [2.05, 4.69) is 5.32 Å². The molecular weight excluding hydrogens is 292 g/mol. The van der Waals surface area contributed by atoms with E-state index in [0.29, 0.717) is 12.3 Å². The molecule has 1 aromatic carbocycles. The number of hydrogen-bond donors (Lipinski definition) is 2. The van der Waals surface area contributed by atoms with Gasteiger partial charge in [-0.3, -0.25) is 9.00 Å². The van der Waals surface area contributed by atoms with Crippen molar-refractivity contribution in [2.24, 2.45) is 5.73 Å². The van der Waals surface area contributed by atoms with Crippen LogP contribution in [0.5, 0.6) is 0 Å². The van der Waals surface area contributed by atoms with Gasteiger partial charge >= 0.3 is 0 Å². The molecule has 0 aliphatic rings. The molecule has 2 rings (SSSR count). The van der Waals surface area contributed by atoms with E-state index in [1.54, 1.807) is 0 Å². The second kappa shape index (κ2) is 7.33. The first-order chi connectivity index (χ1) is 9.70. The van der Waals surface area contributed by atoms with Gasteiger partial charge in [-0.2, -0.15) is 0 Å². The molecular formula is C14H16N2O2S2. The van der Waals surface area contributed by atoms with Gasteiger partial charge in [-0.1, -0.05) is 24.3 Å². The number of carbonyl (C=O) groups is 1. The molecule has 1 unspecified atom stereocenters. The van der Waals surface area contributed by atoms with Gasteiger partial charge in [0.1, 0.15) is 0 Å². The number of para-hydroxylation sites is 1. The number of anilines is 1. The number of rotatable bonds is 6. The zero-order valence-corrected chi connectivity index (χ0v) is 12.5.